The van der Waals surface area contributed by atoms with Gasteiger partial charge in [-0.15, -0.1) is 0 Å². The Kier molecular flexibility index (Phi) is 2.97. The average molecular weight is 270 g/mol. The lowest BCUT2D eigenvalue weighted by molar-refractivity contribution is 1.41. The maximum atomic E-state index is 6.17. The summed E-state index contributed by atoms with van der Waals surface area (Å²) >= 11 is 6.17. The van der Waals surface area contributed by atoms with E-state index in [0.717, 1.165) is 22.3 Å². The van der Waals surface area contributed by atoms with E-state index in [-0.39, 0.29) is 0 Å². The van der Waals surface area contributed by atoms with Crippen LogP contribution >= 0.6 is 11.6 Å². The van der Waals surface area contributed by atoms with Gasteiger partial charge in [-0.1, -0.05) is 23.7 Å². The van der Waals surface area contributed by atoms with Crippen LogP contribution in [0.4, 0.5) is 17.1 Å². The molecule has 0 saturated heterocycles. The van der Waals surface area contributed by atoms with Crippen molar-refractivity contribution < 1.29 is 0 Å². The summed E-state index contributed by atoms with van der Waals surface area (Å²) in [5.41, 5.74) is 9.16. The number of nitrogen functional groups attached to an aromatic ring is 1. The van der Waals surface area contributed by atoms with Gasteiger partial charge in [0.2, 0.25) is 0 Å². The zero-order chi connectivity index (χ0) is 13.2. The van der Waals surface area contributed by atoms with Gasteiger partial charge in [-0.3, -0.25) is 4.98 Å². The summed E-state index contributed by atoms with van der Waals surface area (Å²) in [6.07, 6.45) is 1.77. The number of nitrogens with one attached hydrogen (secondary N) is 1. The minimum Gasteiger partial charge on any atom is -0.397 e. The van der Waals surface area contributed by atoms with E-state index in [9.17, 15) is 0 Å². The smallest absolute Gasteiger partial charge is 0.0807 e. The summed E-state index contributed by atoms with van der Waals surface area (Å²) < 4.78 is 0. The van der Waals surface area contributed by atoms with Gasteiger partial charge < -0.3 is 11.1 Å². The van der Waals surface area contributed by atoms with Crippen LogP contribution in [0.2, 0.25) is 5.02 Å². The topological polar surface area (TPSA) is 50.9 Å². The van der Waals surface area contributed by atoms with Crippen molar-refractivity contribution in [1.82, 2.24) is 4.98 Å². The predicted octanol–water partition coefficient (Wildman–Crippen LogP) is 4.21. The van der Waals surface area contributed by atoms with Crippen LogP contribution in [0.1, 0.15) is 0 Å². The van der Waals surface area contributed by atoms with Crippen molar-refractivity contribution in [3.63, 3.8) is 0 Å². The van der Waals surface area contributed by atoms with Crippen molar-refractivity contribution in [3.05, 3.63) is 59.8 Å². The Bertz CT molecular complexity index is 715. The summed E-state index contributed by atoms with van der Waals surface area (Å²) in [5, 5.41) is 4.92. The second kappa shape index (κ2) is 4.78. The molecule has 0 aliphatic heterocycles. The normalized spacial score (nSPS) is 10.6. The number of fused-ring (bicyclic) bond motifs is 1. The Morgan fingerprint density at radius 3 is 2.68 bits per heavy atom. The SMILES string of the molecule is Nc1cccc(Cl)c1Nc1cccc2ncccc12. The minimum atomic E-state index is 0.598. The van der Waals surface area contributed by atoms with Crippen LogP contribution in [-0.2, 0) is 0 Å². The van der Waals surface area contributed by atoms with Crippen LogP contribution in [0, 0.1) is 0 Å². The molecule has 3 rings (SSSR count). The Hall–Kier alpha value is -2.26. The molecule has 1 aromatic heterocycles. The largest absolute Gasteiger partial charge is 0.397 e. The van der Waals surface area contributed by atoms with Gasteiger partial charge in [-0.2, -0.15) is 0 Å². The molecular formula is C15H12ClN3. The number of aromatic nitrogens is 1. The zero-order valence-corrected chi connectivity index (χ0v) is 10.9. The van der Waals surface area contributed by atoms with E-state index in [1.54, 1.807) is 6.20 Å². The average Bonchev–Trinajstić information content (AvgIpc) is 2.43. The molecule has 3 aromatic rings. The minimum absolute atomic E-state index is 0.598. The van der Waals surface area contributed by atoms with Crippen LogP contribution in [0.5, 0.6) is 0 Å². The number of halogens is 1. The Morgan fingerprint density at radius 2 is 1.84 bits per heavy atom. The summed E-state index contributed by atoms with van der Waals surface area (Å²) in [6, 6.07) is 15.3. The van der Waals surface area contributed by atoms with E-state index in [1.165, 1.54) is 0 Å². The molecule has 0 amide bonds. The molecule has 0 aliphatic rings. The fraction of sp³-hybridized carbons (Fsp3) is 0. The Labute approximate surface area is 116 Å². The first-order chi connectivity index (χ1) is 9.25. The number of hydrogen-bond acceptors (Lipinski definition) is 3. The van der Waals surface area contributed by atoms with Crippen LogP contribution in [-0.4, -0.2) is 4.98 Å². The quantitative estimate of drug-likeness (QED) is 0.685. The predicted molar refractivity (Wildman–Crippen MR) is 80.9 cm³/mol. The molecule has 3 nitrogen and oxygen atoms in total. The molecule has 0 atom stereocenters. The fourth-order valence-electron chi connectivity index (χ4n) is 2.02. The third-order valence-electron chi connectivity index (χ3n) is 2.95. The molecule has 2 aromatic carbocycles. The molecule has 0 aliphatic carbocycles. The molecule has 0 saturated carbocycles. The number of nitrogens with two attached hydrogens (primary N) is 1. The lowest BCUT2D eigenvalue weighted by atomic mass is 10.1. The number of para-hydroxylation sites is 1. The molecule has 94 valence electrons. The summed E-state index contributed by atoms with van der Waals surface area (Å²) in [6.45, 7) is 0. The molecule has 3 N–H and O–H groups in total. The van der Waals surface area contributed by atoms with Crippen LogP contribution in [0.15, 0.2) is 54.7 Å². The third kappa shape index (κ3) is 2.20. The second-order valence-electron chi connectivity index (χ2n) is 4.20. The maximum absolute atomic E-state index is 6.17. The highest BCUT2D eigenvalue weighted by atomic mass is 35.5. The zero-order valence-electron chi connectivity index (χ0n) is 10.1. The highest BCUT2D eigenvalue weighted by Gasteiger charge is 2.07. The highest BCUT2D eigenvalue weighted by molar-refractivity contribution is 6.34. The second-order valence-corrected chi connectivity index (χ2v) is 4.61. The van der Waals surface area contributed by atoms with Gasteiger partial charge in [0, 0.05) is 17.3 Å². The van der Waals surface area contributed by atoms with Gasteiger partial charge in [0.15, 0.2) is 0 Å². The first-order valence-corrected chi connectivity index (χ1v) is 6.28. The van der Waals surface area contributed by atoms with Crippen molar-refractivity contribution >= 4 is 39.6 Å². The number of pyridine rings is 1. The monoisotopic (exact) mass is 269 g/mol. The first-order valence-electron chi connectivity index (χ1n) is 5.90. The van der Waals surface area contributed by atoms with E-state index in [1.807, 2.05) is 48.5 Å². The van der Waals surface area contributed by atoms with E-state index < -0.39 is 0 Å². The molecule has 4 heteroatoms. The summed E-state index contributed by atoms with van der Waals surface area (Å²) in [4.78, 5) is 4.32. The molecule has 0 radical (unpaired) electrons. The number of benzene rings is 2. The van der Waals surface area contributed by atoms with Crippen molar-refractivity contribution in [3.8, 4) is 0 Å². The first kappa shape index (κ1) is 11.8. The molecule has 1 heterocycles. The van der Waals surface area contributed by atoms with Gasteiger partial charge in [0.25, 0.3) is 0 Å². The van der Waals surface area contributed by atoms with Crippen LogP contribution in [0.3, 0.4) is 0 Å². The van der Waals surface area contributed by atoms with Crippen LogP contribution < -0.4 is 11.1 Å². The summed E-state index contributed by atoms with van der Waals surface area (Å²) in [5.74, 6) is 0. The van der Waals surface area contributed by atoms with E-state index in [0.29, 0.717) is 10.7 Å². The lowest BCUT2D eigenvalue weighted by Gasteiger charge is -2.12. The number of hydrogen-bond donors (Lipinski definition) is 2. The Balaban J connectivity index is 2.11. The summed E-state index contributed by atoms with van der Waals surface area (Å²) in [7, 11) is 0. The van der Waals surface area contributed by atoms with Crippen molar-refractivity contribution in [2.24, 2.45) is 0 Å². The van der Waals surface area contributed by atoms with Gasteiger partial charge in [0.1, 0.15) is 0 Å². The number of rotatable bonds is 2. The maximum Gasteiger partial charge on any atom is 0.0807 e. The standard InChI is InChI=1S/C15H12ClN3/c16-11-5-1-6-12(17)15(11)19-14-8-2-7-13-10(14)4-3-9-18-13/h1-9,19H,17H2. The molecule has 19 heavy (non-hydrogen) atoms. The van der Waals surface area contributed by atoms with Crippen molar-refractivity contribution in [1.29, 1.82) is 0 Å². The van der Waals surface area contributed by atoms with Gasteiger partial charge >= 0.3 is 0 Å². The van der Waals surface area contributed by atoms with Gasteiger partial charge in [0.05, 0.1) is 21.9 Å². The molecule has 0 bridgehead atoms. The molecule has 0 unspecified atom stereocenters. The van der Waals surface area contributed by atoms with E-state index in [2.05, 4.69) is 10.3 Å². The van der Waals surface area contributed by atoms with E-state index in [4.69, 9.17) is 17.3 Å². The number of anilines is 3. The van der Waals surface area contributed by atoms with Gasteiger partial charge in [-0.25, -0.2) is 0 Å². The Morgan fingerprint density at radius 1 is 1.00 bits per heavy atom. The van der Waals surface area contributed by atoms with Gasteiger partial charge in [-0.05, 0) is 36.4 Å². The molecule has 0 spiro atoms. The lowest BCUT2D eigenvalue weighted by Crippen LogP contribution is -1.97. The molecule has 0 fully saturated rings. The third-order valence-corrected chi connectivity index (χ3v) is 3.27. The van der Waals surface area contributed by atoms with Crippen LogP contribution in [0.25, 0.3) is 10.9 Å². The fourth-order valence-corrected chi connectivity index (χ4v) is 2.25. The van der Waals surface area contributed by atoms with E-state index >= 15 is 0 Å². The van der Waals surface area contributed by atoms with Crippen molar-refractivity contribution in [2.45, 2.75) is 0 Å². The van der Waals surface area contributed by atoms with Crippen molar-refractivity contribution in [2.75, 3.05) is 11.1 Å². The highest BCUT2D eigenvalue weighted by Crippen LogP contribution is 2.33. The number of nitrogens with zero attached hydrogens (tertiary/aromatic N) is 1. The molecular weight excluding hydrogens is 258 g/mol.